The molecule has 0 aliphatic rings. The monoisotopic (exact) mass is 568 g/mol. The molecule has 0 fully saturated rings. The molecule has 0 saturated heterocycles. The van der Waals surface area contributed by atoms with Crippen LogP contribution in [0.25, 0.3) is 0 Å². The van der Waals surface area contributed by atoms with E-state index in [0.29, 0.717) is 0 Å². The van der Waals surface area contributed by atoms with E-state index in [1.165, 1.54) is 30.6 Å². The molecule has 0 saturated carbocycles. The van der Waals surface area contributed by atoms with Crippen LogP contribution in [0.1, 0.15) is 17.0 Å². The zero-order valence-corrected chi connectivity index (χ0v) is 19.3. The van der Waals surface area contributed by atoms with Gasteiger partial charge in [-0.3, -0.25) is 0 Å². The Hall–Kier alpha value is -4.24. The maximum Gasteiger partial charge on any atom is 0.573 e. The van der Waals surface area contributed by atoms with Crippen molar-refractivity contribution in [3.8, 4) is 11.5 Å². The zero-order chi connectivity index (χ0) is 28.9. The first kappa shape index (κ1) is 29.3. The molecule has 1 heterocycles. The van der Waals surface area contributed by atoms with Gasteiger partial charge in [-0.25, -0.2) is 14.8 Å². The van der Waals surface area contributed by atoms with Crippen LogP contribution in [-0.4, -0.2) is 41.4 Å². The molecule has 0 aliphatic heterocycles. The highest BCUT2D eigenvalue weighted by molar-refractivity contribution is 5.76. The summed E-state index contributed by atoms with van der Waals surface area (Å²) in [6, 6.07) is 7.96. The number of benzene rings is 2. The number of halogens is 9. The highest BCUT2D eigenvalue weighted by Crippen LogP contribution is 2.38. The van der Waals surface area contributed by atoms with Gasteiger partial charge in [0, 0.05) is 18.8 Å². The molecule has 0 atom stereocenters. The highest BCUT2D eigenvalue weighted by atomic mass is 19.4. The van der Waals surface area contributed by atoms with E-state index in [9.17, 15) is 44.3 Å². The fourth-order valence-electron chi connectivity index (χ4n) is 3.55. The van der Waals surface area contributed by atoms with Gasteiger partial charge >= 0.3 is 24.9 Å². The summed E-state index contributed by atoms with van der Waals surface area (Å²) in [5, 5.41) is 3.83. The Morgan fingerprint density at radius 1 is 0.744 bits per heavy atom. The Bertz CT molecular complexity index is 1210. The average Bonchev–Trinajstić information content (AvgIpc) is 2.81. The molecule has 16 heteroatoms. The van der Waals surface area contributed by atoms with E-state index in [4.69, 9.17) is 0 Å². The quantitative estimate of drug-likeness (QED) is 0.345. The van der Waals surface area contributed by atoms with Gasteiger partial charge in [-0.15, -0.1) is 26.3 Å². The first-order chi connectivity index (χ1) is 18.0. The van der Waals surface area contributed by atoms with E-state index in [1.54, 1.807) is 5.32 Å². The van der Waals surface area contributed by atoms with Gasteiger partial charge in [0.05, 0.1) is 5.54 Å². The van der Waals surface area contributed by atoms with Crippen LogP contribution in [0.4, 0.5) is 44.3 Å². The second kappa shape index (κ2) is 11.2. The second-order valence-corrected chi connectivity index (χ2v) is 7.82. The van der Waals surface area contributed by atoms with Crippen molar-refractivity contribution in [3.63, 3.8) is 0 Å². The van der Waals surface area contributed by atoms with Gasteiger partial charge < -0.3 is 20.1 Å². The lowest BCUT2D eigenvalue weighted by Gasteiger charge is -2.36. The predicted molar refractivity (Wildman–Crippen MR) is 115 cm³/mol. The maximum atomic E-state index is 12.9. The molecule has 1 aromatic heterocycles. The lowest BCUT2D eigenvalue weighted by molar-refractivity contribution is -0.275. The summed E-state index contributed by atoms with van der Waals surface area (Å²) in [7, 11) is 0. The van der Waals surface area contributed by atoms with E-state index in [-0.39, 0.29) is 17.0 Å². The van der Waals surface area contributed by atoms with Gasteiger partial charge in [-0.2, -0.15) is 13.2 Å². The molecule has 2 aromatic carbocycles. The van der Waals surface area contributed by atoms with Gasteiger partial charge in [0.25, 0.3) is 0 Å². The molecule has 39 heavy (non-hydrogen) atoms. The first-order valence-corrected chi connectivity index (χ1v) is 10.7. The smallest absolute Gasteiger partial charge is 0.406 e. The first-order valence-electron chi connectivity index (χ1n) is 10.7. The van der Waals surface area contributed by atoms with E-state index >= 15 is 0 Å². The summed E-state index contributed by atoms with van der Waals surface area (Å²) in [5.41, 5.74) is -2.57. The van der Waals surface area contributed by atoms with Crippen LogP contribution in [0.3, 0.4) is 0 Å². The van der Waals surface area contributed by atoms with E-state index in [0.717, 1.165) is 36.4 Å². The number of nitrogens with one attached hydrogen (secondary N) is 2. The van der Waals surface area contributed by atoms with Crippen LogP contribution in [-0.2, 0) is 12.0 Å². The normalized spacial score (nSPS) is 12.5. The van der Waals surface area contributed by atoms with Crippen LogP contribution in [0.15, 0.2) is 67.0 Å². The summed E-state index contributed by atoms with van der Waals surface area (Å²) in [6.07, 6.45) is -13.1. The molecule has 3 aromatic rings. The predicted octanol–water partition coefficient (Wildman–Crippen LogP) is 5.62. The second-order valence-electron chi connectivity index (χ2n) is 7.82. The standard InChI is InChI=1S/C23H17F9N4O3/c24-21(25,26)13-35-19(37)36-20(12-18-33-8-3-9-34-18,14-4-1-6-16(10-14)38-22(27,28)29)15-5-2-7-17(11-15)39-23(30,31)32/h1-11H,12-13H2,(H2,35,36,37). The van der Waals surface area contributed by atoms with Crippen LogP contribution < -0.4 is 20.1 Å². The number of ether oxygens (including phenoxy) is 2. The van der Waals surface area contributed by atoms with Gasteiger partial charge in [-0.1, -0.05) is 24.3 Å². The third-order valence-electron chi connectivity index (χ3n) is 4.94. The third kappa shape index (κ3) is 8.93. The van der Waals surface area contributed by atoms with Crippen LogP contribution in [0.2, 0.25) is 0 Å². The molecule has 0 spiro atoms. The maximum absolute atomic E-state index is 12.9. The van der Waals surface area contributed by atoms with Crippen molar-refractivity contribution >= 4 is 6.03 Å². The molecule has 7 nitrogen and oxygen atoms in total. The van der Waals surface area contributed by atoms with Crippen molar-refractivity contribution in [2.45, 2.75) is 30.9 Å². The Balaban J connectivity index is 2.22. The molecular formula is C23H17F9N4O3. The number of carbonyl (C=O) groups is 1. The number of urea groups is 1. The van der Waals surface area contributed by atoms with Crippen LogP contribution in [0, 0.1) is 0 Å². The number of amides is 2. The fraction of sp³-hybridized carbons (Fsp3) is 0.261. The lowest BCUT2D eigenvalue weighted by atomic mass is 9.79. The summed E-state index contributed by atoms with van der Waals surface area (Å²) in [5.74, 6) is -1.63. The van der Waals surface area contributed by atoms with Gasteiger partial charge in [0.2, 0.25) is 0 Å². The Morgan fingerprint density at radius 3 is 1.67 bits per heavy atom. The third-order valence-corrected chi connectivity index (χ3v) is 4.94. The van der Waals surface area contributed by atoms with Crippen molar-refractivity contribution in [3.05, 3.63) is 83.9 Å². The minimum atomic E-state index is -5.14. The summed E-state index contributed by atoms with van der Waals surface area (Å²) in [6.45, 7) is -1.79. The lowest BCUT2D eigenvalue weighted by Crippen LogP contribution is -2.53. The molecule has 2 N–H and O–H groups in total. The largest absolute Gasteiger partial charge is 0.573 e. The van der Waals surface area contributed by atoms with Crippen molar-refractivity contribution in [1.82, 2.24) is 20.6 Å². The van der Waals surface area contributed by atoms with E-state index in [1.807, 2.05) is 0 Å². The molecular weight excluding hydrogens is 551 g/mol. The minimum absolute atomic E-state index is 0.0714. The van der Waals surface area contributed by atoms with Crippen molar-refractivity contribution in [1.29, 1.82) is 0 Å². The van der Waals surface area contributed by atoms with Crippen molar-refractivity contribution < 1.29 is 53.8 Å². The van der Waals surface area contributed by atoms with Gasteiger partial charge in [0.15, 0.2) is 0 Å². The minimum Gasteiger partial charge on any atom is -0.406 e. The highest BCUT2D eigenvalue weighted by Gasteiger charge is 2.40. The molecule has 210 valence electrons. The van der Waals surface area contributed by atoms with Crippen molar-refractivity contribution in [2.24, 2.45) is 0 Å². The zero-order valence-electron chi connectivity index (χ0n) is 19.3. The number of hydrogen-bond donors (Lipinski definition) is 2. The number of alkyl halides is 9. The number of aromatic nitrogens is 2. The molecule has 2 amide bonds. The average molecular weight is 568 g/mol. The summed E-state index contributed by atoms with van der Waals surface area (Å²) >= 11 is 0. The van der Waals surface area contributed by atoms with Crippen LogP contribution >= 0.6 is 0 Å². The number of nitrogens with zero attached hydrogens (tertiary/aromatic N) is 2. The van der Waals surface area contributed by atoms with Gasteiger partial charge in [0.1, 0.15) is 23.9 Å². The number of rotatable bonds is 8. The Kier molecular flexibility index (Phi) is 8.45. The van der Waals surface area contributed by atoms with Gasteiger partial charge in [-0.05, 0) is 41.5 Å². The molecule has 0 radical (unpaired) electrons. The SMILES string of the molecule is O=C(NCC(F)(F)F)NC(Cc1ncccn1)(c1cccc(OC(F)(F)F)c1)c1cccc(OC(F)(F)F)c1. The fourth-order valence-corrected chi connectivity index (χ4v) is 3.55. The summed E-state index contributed by atoms with van der Waals surface area (Å²) in [4.78, 5) is 20.7. The molecule has 0 bridgehead atoms. The Morgan fingerprint density at radius 2 is 1.23 bits per heavy atom. The topological polar surface area (TPSA) is 85.4 Å². The van der Waals surface area contributed by atoms with Crippen LogP contribution in [0.5, 0.6) is 11.5 Å². The molecule has 0 unspecified atom stereocenters. The Labute approximate surface area is 214 Å². The number of carbonyl (C=O) groups excluding carboxylic acids is 1. The van der Waals surface area contributed by atoms with E-state index in [2.05, 4.69) is 24.8 Å². The summed E-state index contributed by atoms with van der Waals surface area (Å²) < 4.78 is 124. The molecule has 0 aliphatic carbocycles. The number of hydrogen-bond acceptors (Lipinski definition) is 5. The van der Waals surface area contributed by atoms with Crippen molar-refractivity contribution in [2.75, 3.05) is 6.54 Å². The van der Waals surface area contributed by atoms with E-state index < -0.39 is 54.9 Å². The molecule has 3 rings (SSSR count).